The Morgan fingerprint density at radius 2 is 2.12 bits per heavy atom. The van der Waals surface area contributed by atoms with Gasteiger partial charge in [0, 0.05) is 12.1 Å². The van der Waals surface area contributed by atoms with Gasteiger partial charge in [0.25, 0.3) is 0 Å². The Hall–Kier alpha value is -1.02. The Morgan fingerprint density at radius 3 is 2.81 bits per heavy atom. The Balaban J connectivity index is 2.06. The lowest BCUT2D eigenvalue weighted by molar-refractivity contribution is 0.405. The molecular weight excluding hydrogens is 198 g/mol. The summed E-state index contributed by atoms with van der Waals surface area (Å²) in [7, 11) is 0. The van der Waals surface area contributed by atoms with Crippen LogP contribution in [0, 0.1) is 0 Å². The molecule has 0 amide bonds. The third-order valence-electron chi connectivity index (χ3n) is 3.21. The van der Waals surface area contributed by atoms with Gasteiger partial charge in [-0.1, -0.05) is 6.07 Å². The van der Waals surface area contributed by atoms with E-state index in [0.29, 0.717) is 11.7 Å². The molecule has 2 heteroatoms. The van der Waals surface area contributed by atoms with Crippen LogP contribution in [0.4, 0.5) is 0 Å². The first-order valence-electron chi connectivity index (χ1n) is 6.02. The van der Waals surface area contributed by atoms with Crippen molar-refractivity contribution in [2.75, 3.05) is 6.54 Å². The SMILES string of the molecule is CC(C)(C)NCC1CCc2cc(O)ccc21. The molecule has 0 heterocycles. The van der Waals surface area contributed by atoms with Crippen LogP contribution in [-0.4, -0.2) is 17.2 Å². The van der Waals surface area contributed by atoms with E-state index in [1.54, 1.807) is 6.07 Å². The van der Waals surface area contributed by atoms with Crippen molar-refractivity contribution in [3.05, 3.63) is 29.3 Å². The third-order valence-corrected chi connectivity index (χ3v) is 3.21. The van der Waals surface area contributed by atoms with Crippen LogP contribution < -0.4 is 5.32 Å². The summed E-state index contributed by atoms with van der Waals surface area (Å²) in [5.41, 5.74) is 2.91. The number of aryl methyl sites for hydroxylation is 1. The number of benzene rings is 1. The Morgan fingerprint density at radius 1 is 1.38 bits per heavy atom. The fourth-order valence-corrected chi connectivity index (χ4v) is 2.33. The first-order chi connectivity index (χ1) is 7.46. The summed E-state index contributed by atoms with van der Waals surface area (Å²) in [6.07, 6.45) is 2.29. The van der Waals surface area contributed by atoms with E-state index in [0.717, 1.165) is 13.0 Å². The highest BCUT2D eigenvalue weighted by Gasteiger charge is 2.23. The number of hydrogen-bond acceptors (Lipinski definition) is 2. The van der Waals surface area contributed by atoms with Crippen molar-refractivity contribution in [3.63, 3.8) is 0 Å². The van der Waals surface area contributed by atoms with Crippen molar-refractivity contribution < 1.29 is 5.11 Å². The minimum absolute atomic E-state index is 0.180. The van der Waals surface area contributed by atoms with Gasteiger partial charge in [-0.05, 0) is 62.8 Å². The fraction of sp³-hybridized carbons (Fsp3) is 0.571. The van der Waals surface area contributed by atoms with Crippen LogP contribution in [-0.2, 0) is 6.42 Å². The molecule has 0 saturated heterocycles. The van der Waals surface area contributed by atoms with E-state index in [-0.39, 0.29) is 5.54 Å². The summed E-state index contributed by atoms with van der Waals surface area (Å²) >= 11 is 0. The van der Waals surface area contributed by atoms with Crippen LogP contribution in [0.15, 0.2) is 18.2 Å². The molecule has 0 aromatic heterocycles. The van der Waals surface area contributed by atoms with Gasteiger partial charge in [-0.25, -0.2) is 0 Å². The zero-order valence-corrected chi connectivity index (χ0v) is 10.4. The number of fused-ring (bicyclic) bond motifs is 1. The molecule has 88 valence electrons. The van der Waals surface area contributed by atoms with Crippen LogP contribution in [0.25, 0.3) is 0 Å². The largest absolute Gasteiger partial charge is 0.508 e. The molecule has 1 atom stereocenters. The highest BCUT2D eigenvalue weighted by atomic mass is 16.3. The highest BCUT2D eigenvalue weighted by Crippen LogP contribution is 2.34. The van der Waals surface area contributed by atoms with E-state index in [9.17, 15) is 5.11 Å². The van der Waals surface area contributed by atoms with Crippen LogP contribution in [0.5, 0.6) is 5.75 Å². The topological polar surface area (TPSA) is 32.3 Å². The Kier molecular flexibility index (Phi) is 2.94. The van der Waals surface area contributed by atoms with Gasteiger partial charge in [0.1, 0.15) is 5.75 Å². The molecule has 1 unspecified atom stereocenters. The Labute approximate surface area is 97.7 Å². The average molecular weight is 219 g/mol. The molecule has 2 nitrogen and oxygen atoms in total. The predicted octanol–water partition coefficient (Wildman–Crippen LogP) is 2.81. The molecule has 0 aliphatic heterocycles. The maximum absolute atomic E-state index is 9.43. The van der Waals surface area contributed by atoms with Gasteiger partial charge in [0.15, 0.2) is 0 Å². The van der Waals surface area contributed by atoms with Crippen molar-refractivity contribution in [2.45, 2.75) is 45.1 Å². The molecule has 0 bridgehead atoms. The standard InChI is InChI=1S/C14H21NO/c1-14(2,3)15-9-11-5-4-10-8-12(16)6-7-13(10)11/h6-8,11,15-16H,4-5,9H2,1-3H3. The summed E-state index contributed by atoms with van der Waals surface area (Å²) in [6, 6.07) is 5.79. The van der Waals surface area contributed by atoms with Crippen molar-refractivity contribution in [1.29, 1.82) is 0 Å². The normalized spacial score (nSPS) is 19.8. The summed E-state index contributed by atoms with van der Waals surface area (Å²) in [5.74, 6) is 0.998. The van der Waals surface area contributed by atoms with Gasteiger partial charge >= 0.3 is 0 Å². The molecule has 0 fully saturated rings. The highest BCUT2D eigenvalue weighted by molar-refractivity contribution is 5.40. The number of phenolic OH excluding ortho intramolecular Hbond substituents is 1. The smallest absolute Gasteiger partial charge is 0.115 e. The van der Waals surface area contributed by atoms with Crippen LogP contribution >= 0.6 is 0 Å². The molecule has 2 rings (SSSR count). The third kappa shape index (κ3) is 2.56. The maximum Gasteiger partial charge on any atom is 0.115 e. The lowest BCUT2D eigenvalue weighted by atomic mass is 9.99. The molecule has 2 N–H and O–H groups in total. The van der Waals surface area contributed by atoms with E-state index in [2.05, 4.69) is 32.2 Å². The summed E-state index contributed by atoms with van der Waals surface area (Å²) in [5, 5.41) is 13.0. The second kappa shape index (κ2) is 4.10. The van der Waals surface area contributed by atoms with Gasteiger partial charge in [-0.3, -0.25) is 0 Å². The molecule has 1 aromatic rings. The molecule has 1 aliphatic carbocycles. The maximum atomic E-state index is 9.43. The van der Waals surface area contributed by atoms with Gasteiger partial charge in [0.05, 0.1) is 0 Å². The Bertz CT molecular complexity index is 379. The predicted molar refractivity (Wildman–Crippen MR) is 66.9 cm³/mol. The van der Waals surface area contributed by atoms with Gasteiger partial charge in [-0.2, -0.15) is 0 Å². The van der Waals surface area contributed by atoms with Gasteiger partial charge in [0.2, 0.25) is 0 Å². The number of rotatable bonds is 2. The van der Waals surface area contributed by atoms with Crippen molar-refractivity contribution in [3.8, 4) is 5.75 Å². The van der Waals surface area contributed by atoms with Crippen molar-refractivity contribution in [2.24, 2.45) is 0 Å². The fourth-order valence-electron chi connectivity index (χ4n) is 2.33. The molecular formula is C14H21NO. The summed E-state index contributed by atoms with van der Waals surface area (Å²) in [4.78, 5) is 0. The zero-order chi connectivity index (χ0) is 11.8. The van der Waals surface area contributed by atoms with Crippen LogP contribution in [0.2, 0.25) is 0 Å². The average Bonchev–Trinajstić information content (AvgIpc) is 2.56. The van der Waals surface area contributed by atoms with E-state index in [4.69, 9.17) is 0 Å². The number of hydrogen-bond donors (Lipinski definition) is 2. The number of nitrogens with one attached hydrogen (secondary N) is 1. The number of phenols is 1. The van der Waals surface area contributed by atoms with E-state index >= 15 is 0 Å². The minimum atomic E-state index is 0.180. The van der Waals surface area contributed by atoms with Crippen molar-refractivity contribution in [1.82, 2.24) is 5.32 Å². The van der Waals surface area contributed by atoms with Crippen LogP contribution in [0.1, 0.15) is 44.2 Å². The summed E-state index contributed by atoms with van der Waals surface area (Å²) < 4.78 is 0. The number of aromatic hydroxyl groups is 1. The van der Waals surface area contributed by atoms with E-state index < -0.39 is 0 Å². The second-order valence-electron chi connectivity index (χ2n) is 5.75. The zero-order valence-electron chi connectivity index (χ0n) is 10.4. The lowest BCUT2D eigenvalue weighted by Gasteiger charge is -2.23. The molecule has 0 spiro atoms. The molecule has 16 heavy (non-hydrogen) atoms. The molecule has 0 radical (unpaired) electrons. The molecule has 0 saturated carbocycles. The molecule has 1 aromatic carbocycles. The molecule has 1 aliphatic rings. The first kappa shape index (κ1) is 11.5. The van der Waals surface area contributed by atoms with E-state index in [1.807, 2.05) is 6.07 Å². The van der Waals surface area contributed by atoms with Crippen molar-refractivity contribution >= 4 is 0 Å². The van der Waals surface area contributed by atoms with E-state index in [1.165, 1.54) is 17.5 Å². The van der Waals surface area contributed by atoms with Gasteiger partial charge < -0.3 is 10.4 Å². The lowest BCUT2D eigenvalue weighted by Crippen LogP contribution is -2.38. The minimum Gasteiger partial charge on any atom is -0.508 e. The second-order valence-corrected chi connectivity index (χ2v) is 5.75. The summed E-state index contributed by atoms with van der Waals surface area (Å²) in [6.45, 7) is 7.61. The van der Waals surface area contributed by atoms with Gasteiger partial charge in [-0.15, -0.1) is 0 Å². The monoisotopic (exact) mass is 219 g/mol. The van der Waals surface area contributed by atoms with Crippen LogP contribution in [0.3, 0.4) is 0 Å². The quantitative estimate of drug-likeness (QED) is 0.801. The first-order valence-corrected chi connectivity index (χ1v) is 6.02.